The molecule has 0 saturated heterocycles. The average molecular weight is 240 g/mol. The molecule has 92 valence electrons. The molecule has 0 atom stereocenters. The van der Waals surface area contributed by atoms with Crippen molar-refractivity contribution in [1.82, 2.24) is 0 Å². The van der Waals surface area contributed by atoms with Crippen molar-refractivity contribution in [3.8, 4) is 24.3 Å². The van der Waals surface area contributed by atoms with E-state index in [9.17, 15) is 0 Å². The van der Waals surface area contributed by atoms with Gasteiger partial charge in [-0.05, 0) is 27.7 Å². The van der Waals surface area contributed by atoms with Crippen LogP contribution in [0.5, 0.6) is 0 Å². The van der Waals surface area contributed by atoms with Crippen molar-refractivity contribution in [3.05, 3.63) is 11.1 Å². The molecule has 0 aromatic carbocycles. The maximum atomic E-state index is 9.10. The summed E-state index contributed by atoms with van der Waals surface area (Å²) in [6.07, 6.45) is 0.453. The Morgan fingerprint density at radius 3 is 1.17 bits per heavy atom. The molecule has 0 radical (unpaired) electrons. The molecule has 4 heteroatoms. The number of nitriles is 4. The highest BCUT2D eigenvalue weighted by molar-refractivity contribution is 5.39. The minimum atomic E-state index is -0.691. The van der Waals surface area contributed by atoms with E-state index in [2.05, 4.69) is 12.1 Å². The Kier molecular flexibility index (Phi) is 5.11. The van der Waals surface area contributed by atoms with Gasteiger partial charge >= 0.3 is 0 Å². The lowest BCUT2D eigenvalue weighted by molar-refractivity contribution is 0.477. The zero-order valence-corrected chi connectivity index (χ0v) is 11.2. The zero-order chi connectivity index (χ0) is 14.4. The van der Waals surface area contributed by atoms with Gasteiger partial charge in [0, 0.05) is 24.0 Å². The average Bonchev–Trinajstić information content (AvgIpc) is 2.33. The van der Waals surface area contributed by atoms with Crippen LogP contribution in [0.25, 0.3) is 0 Å². The summed E-state index contributed by atoms with van der Waals surface area (Å²) < 4.78 is 0. The fourth-order valence-corrected chi connectivity index (χ4v) is 1.39. The third-order valence-corrected chi connectivity index (χ3v) is 2.48. The Morgan fingerprint density at radius 2 is 1.00 bits per heavy atom. The van der Waals surface area contributed by atoms with Crippen LogP contribution in [0.1, 0.15) is 40.5 Å². The van der Waals surface area contributed by atoms with Crippen molar-refractivity contribution in [1.29, 1.82) is 21.0 Å². The van der Waals surface area contributed by atoms with Crippen LogP contribution in [0.15, 0.2) is 11.1 Å². The monoisotopic (exact) mass is 240 g/mol. The van der Waals surface area contributed by atoms with E-state index in [4.69, 9.17) is 21.0 Å². The van der Waals surface area contributed by atoms with Gasteiger partial charge in [0.25, 0.3) is 0 Å². The standard InChI is InChI=1S/C14H16N4/c1-13(2,9-17)5-11(7-15)12(8-16)6-14(3,4)10-18/h5-6H2,1-4H3/b12-11+. The van der Waals surface area contributed by atoms with Crippen molar-refractivity contribution < 1.29 is 0 Å². The van der Waals surface area contributed by atoms with E-state index in [1.807, 2.05) is 12.1 Å². The number of hydrogen-bond donors (Lipinski definition) is 0. The number of hydrogen-bond acceptors (Lipinski definition) is 4. The van der Waals surface area contributed by atoms with Gasteiger partial charge in [-0.15, -0.1) is 0 Å². The second-order valence-electron chi connectivity index (χ2n) is 5.53. The van der Waals surface area contributed by atoms with E-state index in [1.54, 1.807) is 27.7 Å². The van der Waals surface area contributed by atoms with E-state index in [-0.39, 0.29) is 12.8 Å². The molecule has 18 heavy (non-hydrogen) atoms. The molecule has 0 unspecified atom stereocenters. The van der Waals surface area contributed by atoms with Gasteiger partial charge in [-0.1, -0.05) is 0 Å². The molecule has 0 saturated carbocycles. The zero-order valence-electron chi connectivity index (χ0n) is 11.2. The van der Waals surface area contributed by atoms with Crippen molar-refractivity contribution in [2.45, 2.75) is 40.5 Å². The molecule has 0 fully saturated rings. The number of allylic oxidation sites excluding steroid dienone is 2. The SMILES string of the molecule is CC(C)(C#N)C/C(C#N)=C(\C#N)CC(C)(C)C#N. The minimum Gasteiger partial charge on any atom is -0.198 e. The molecule has 0 heterocycles. The number of rotatable bonds is 4. The fraction of sp³-hybridized carbons (Fsp3) is 0.571. The van der Waals surface area contributed by atoms with E-state index in [0.717, 1.165) is 0 Å². The smallest absolute Gasteiger partial charge is 0.0958 e. The normalized spacial score (nSPS) is 12.4. The van der Waals surface area contributed by atoms with Crippen LogP contribution in [0.4, 0.5) is 0 Å². The maximum Gasteiger partial charge on any atom is 0.0958 e. The van der Waals surface area contributed by atoms with E-state index in [0.29, 0.717) is 11.1 Å². The van der Waals surface area contributed by atoms with Gasteiger partial charge in [-0.3, -0.25) is 0 Å². The summed E-state index contributed by atoms with van der Waals surface area (Å²) in [5, 5.41) is 36.1. The summed E-state index contributed by atoms with van der Waals surface area (Å²) in [6.45, 7) is 6.87. The van der Waals surface area contributed by atoms with Gasteiger partial charge in [-0.2, -0.15) is 21.0 Å². The Bertz CT molecular complexity index is 462. The van der Waals surface area contributed by atoms with Crippen LogP contribution in [0, 0.1) is 56.2 Å². The highest BCUT2D eigenvalue weighted by Gasteiger charge is 2.25. The first-order chi connectivity index (χ1) is 8.21. The van der Waals surface area contributed by atoms with Gasteiger partial charge in [0.15, 0.2) is 0 Å². The fourth-order valence-electron chi connectivity index (χ4n) is 1.39. The topological polar surface area (TPSA) is 95.2 Å². The molecular formula is C14H16N4. The first-order valence-corrected chi connectivity index (χ1v) is 5.56. The summed E-state index contributed by atoms with van der Waals surface area (Å²) in [7, 11) is 0. The molecule has 0 aliphatic carbocycles. The minimum absolute atomic E-state index is 0.227. The Morgan fingerprint density at radius 1 is 0.722 bits per heavy atom. The molecule has 0 N–H and O–H groups in total. The molecule has 0 amide bonds. The molecule has 0 aliphatic rings. The molecule has 0 spiro atoms. The predicted molar refractivity (Wildman–Crippen MR) is 66.3 cm³/mol. The quantitative estimate of drug-likeness (QED) is 0.705. The highest BCUT2D eigenvalue weighted by atomic mass is 14.4. The van der Waals surface area contributed by atoms with Crippen molar-refractivity contribution in [2.75, 3.05) is 0 Å². The first-order valence-electron chi connectivity index (χ1n) is 5.56. The van der Waals surface area contributed by atoms with Gasteiger partial charge in [0.05, 0.1) is 35.1 Å². The molecule has 4 nitrogen and oxygen atoms in total. The summed E-state index contributed by atoms with van der Waals surface area (Å²) in [5.74, 6) is 0. The van der Waals surface area contributed by atoms with Gasteiger partial charge in [-0.25, -0.2) is 0 Å². The predicted octanol–water partition coefficient (Wildman–Crippen LogP) is 3.21. The van der Waals surface area contributed by atoms with Crippen molar-refractivity contribution >= 4 is 0 Å². The number of nitrogens with zero attached hydrogens (tertiary/aromatic N) is 4. The van der Waals surface area contributed by atoms with Crippen LogP contribution < -0.4 is 0 Å². The summed E-state index contributed by atoms with van der Waals surface area (Å²) >= 11 is 0. The second kappa shape index (κ2) is 5.86. The van der Waals surface area contributed by atoms with Crippen molar-refractivity contribution in [2.24, 2.45) is 10.8 Å². The van der Waals surface area contributed by atoms with Crippen LogP contribution >= 0.6 is 0 Å². The molecule has 0 aliphatic heterocycles. The molecule has 0 rings (SSSR count). The van der Waals surface area contributed by atoms with Gasteiger partial charge < -0.3 is 0 Å². The summed E-state index contributed by atoms with van der Waals surface area (Å²) in [5.41, 5.74) is -0.784. The third-order valence-electron chi connectivity index (χ3n) is 2.48. The van der Waals surface area contributed by atoms with Crippen LogP contribution in [0.2, 0.25) is 0 Å². The Hall–Kier alpha value is -2.30. The molecule has 0 aromatic rings. The highest BCUT2D eigenvalue weighted by Crippen LogP contribution is 2.30. The van der Waals surface area contributed by atoms with E-state index in [1.165, 1.54) is 0 Å². The second-order valence-corrected chi connectivity index (χ2v) is 5.53. The van der Waals surface area contributed by atoms with Crippen LogP contribution in [-0.4, -0.2) is 0 Å². The van der Waals surface area contributed by atoms with Crippen LogP contribution in [-0.2, 0) is 0 Å². The Labute approximate surface area is 108 Å². The lowest BCUT2D eigenvalue weighted by Gasteiger charge is -2.18. The Balaban J connectivity index is 5.40. The largest absolute Gasteiger partial charge is 0.198 e. The summed E-state index contributed by atoms with van der Waals surface area (Å²) in [4.78, 5) is 0. The summed E-state index contributed by atoms with van der Waals surface area (Å²) in [6, 6.07) is 8.18. The van der Waals surface area contributed by atoms with E-state index < -0.39 is 10.8 Å². The lowest BCUT2D eigenvalue weighted by Crippen LogP contribution is -2.13. The van der Waals surface area contributed by atoms with E-state index >= 15 is 0 Å². The lowest BCUT2D eigenvalue weighted by atomic mass is 9.81. The van der Waals surface area contributed by atoms with Gasteiger partial charge in [0.1, 0.15) is 0 Å². The molecular weight excluding hydrogens is 224 g/mol. The third kappa shape index (κ3) is 4.69. The molecule has 0 bridgehead atoms. The molecule has 0 aromatic heterocycles. The first kappa shape index (κ1) is 15.7. The van der Waals surface area contributed by atoms with Crippen LogP contribution in [0.3, 0.4) is 0 Å². The van der Waals surface area contributed by atoms with Crippen molar-refractivity contribution in [3.63, 3.8) is 0 Å². The maximum absolute atomic E-state index is 9.10. The van der Waals surface area contributed by atoms with Gasteiger partial charge in [0.2, 0.25) is 0 Å².